The Morgan fingerprint density at radius 1 is 1.17 bits per heavy atom. The van der Waals surface area contributed by atoms with Gasteiger partial charge in [0.1, 0.15) is 4.70 Å². The first-order valence-electron chi connectivity index (χ1n) is 10.5. The van der Waals surface area contributed by atoms with Gasteiger partial charge in [-0.1, -0.05) is 50.6 Å². The maximum atomic E-state index is 12.7. The normalized spacial score (nSPS) is 18.7. The lowest BCUT2D eigenvalue weighted by atomic mass is 9.86. The maximum Gasteiger partial charge on any atom is 0.272 e. The standard InChI is InChI=1S/C23H27N5OS/c1-23(2)12-7-10-18(23)27(14-16-8-5-4-6-9-16)15-19-24-25-22-26(3)21(29)20-17(28(19)22)11-13-30-20/h4-6,8-9,11,13,18H,7,10,12,14-15H2,1-3H3. The Labute approximate surface area is 179 Å². The third-order valence-electron chi connectivity index (χ3n) is 6.61. The van der Waals surface area contributed by atoms with Gasteiger partial charge in [0.15, 0.2) is 5.82 Å². The molecule has 6 nitrogen and oxygen atoms in total. The van der Waals surface area contributed by atoms with E-state index in [0.717, 1.165) is 22.6 Å². The summed E-state index contributed by atoms with van der Waals surface area (Å²) in [4.78, 5) is 15.2. The van der Waals surface area contributed by atoms with Gasteiger partial charge in [-0.05, 0) is 35.3 Å². The summed E-state index contributed by atoms with van der Waals surface area (Å²) < 4.78 is 4.42. The molecule has 0 N–H and O–H groups in total. The SMILES string of the molecule is Cn1c(=O)c2sccc2n2c(CN(Cc3ccccc3)C3CCCC3(C)C)nnc12. The monoisotopic (exact) mass is 421 g/mol. The van der Waals surface area contributed by atoms with E-state index < -0.39 is 0 Å². The second-order valence-corrected chi connectivity index (χ2v) is 9.95. The average Bonchev–Trinajstić information content (AvgIpc) is 3.44. The summed E-state index contributed by atoms with van der Waals surface area (Å²) in [5.74, 6) is 1.49. The minimum absolute atomic E-state index is 0.00971. The van der Waals surface area contributed by atoms with Crippen molar-refractivity contribution in [3.05, 3.63) is 63.5 Å². The molecule has 1 atom stereocenters. The van der Waals surface area contributed by atoms with Crippen LogP contribution in [0.1, 0.15) is 44.5 Å². The third-order valence-corrected chi connectivity index (χ3v) is 7.50. The lowest BCUT2D eigenvalue weighted by Crippen LogP contribution is -2.41. The van der Waals surface area contributed by atoms with Crippen LogP contribution in [0.15, 0.2) is 46.6 Å². The van der Waals surface area contributed by atoms with Crippen molar-refractivity contribution in [1.82, 2.24) is 24.1 Å². The smallest absolute Gasteiger partial charge is 0.272 e. The highest BCUT2D eigenvalue weighted by molar-refractivity contribution is 7.17. The molecule has 1 unspecified atom stereocenters. The van der Waals surface area contributed by atoms with E-state index in [1.54, 1.807) is 11.6 Å². The molecule has 7 heteroatoms. The van der Waals surface area contributed by atoms with E-state index in [4.69, 9.17) is 0 Å². The van der Waals surface area contributed by atoms with E-state index in [9.17, 15) is 4.79 Å². The number of fused-ring (bicyclic) bond motifs is 3. The van der Waals surface area contributed by atoms with Crippen molar-refractivity contribution >= 4 is 27.3 Å². The van der Waals surface area contributed by atoms with E-state index >= 15 is 0 Å². The summed E-state index contributed by atoms with van der Waals surface area (Å²) in [7, 11) is 1.77. The molecule has 3 aromatic heterocycles. The third kappa shape index (κ3) is 3.17. The summed E-state index contributed by atoms with van der Waals surface area (Å²) in [6.07, 6.45) is 3.70. The van der Waals surface area contributed by atoms with Crippen LogP contribution in [0.5, 0.6) is 0 Å². The fourth-order valence-electron chi connectivity index (χ4n) is 5.02. The predicted octanol–water partition coefficient (Wildman–Crippen LogP) is 4.22. The van der Waals surface area contributed by atoms with Gasteiger partial charge < -0.3 is 0 Å². The first-order valence-corrected chi connectivity index (χ1v) is 11.4. The van der Waals surface area contributed by atoms with Gasteiger partial charge in [-0.3, -0.25) is 18.7 Å². The van der Waals surface area contributed by atoms with Crippen molar-refractivity contribution in [2.75, 3.05) is 0 Å². The Balaban J connectivity index is 1.60. The molecule has 156 valence electrons. The summed E-state index contributed by atoms with van der Waals surface area (Å²) in [6.45, 7) is 6.34. The van der Waals surface area contributed by atoms with Gasteiger partial charge in [-0.25, -0.2) is 0 Å². The minimum Gasteiger partial charge on any atom is -0.288 e. The molecule has 1 fully saturated rings. The van der Waals surface area contributed by atoms with Gasteiger partial charge in [0, 0.05) is 19.6 Å². The molecule has 0 amide bonds. The molecule has 1 aliphatic rings. The van der Waals surface area contributed by atoms with E-state index in [1.807, 2.05) is 11.4 Å². The van der Waals surface area contributed by atoms with Crippen LogP contribution in [0.25, 0.3) is 16.0 Å². The maximum absolute atomic E-state index is 12.7. The second kappa shape index (κ2) is 7.32. The number of hydrogen-bond donors (Lipinski definition) is 0. The largest absolute Gasteiger partial charge is 0.288 e. The summed E-state index contributed by atoms with van der Waals surface area (Å²) in [5, 5.41) is 10.9. The molecule has 0 radical (unpaired) electrons. The molecule has 1 aliphatic carbocycles. The minimum atomic E-state index is -0.00971. The van der Waals surface area contributed by atoms with Crippen molar-refractivity contribution in [3.8, 4) is 0 Å². The molecule has 4 aromatic rings. The first-order chi connectivity index (χ1) is 14.5. The van der Waals surface area contributed by atoms with Crippen molar-refractivity contribution in [2.24, 2.45) is 12.5 Å². The topological polar surface area (TPSA) is 55.4 Å². The van der Waals surface area contributed by atoms with E-state index in [1.165, 1.54) is 36.2 Å². The zero-order valence-electron chi connectivity index (χ0n) is 17.7. The van der Waals surface area contributed by atoms with Gasteiger partial charge in [-0.15, -0.1) is 21.5 Å². The Hall–Kier alpha value is -2.51. The highest BCUT2D eigenvalue weighted by atomic mass is 32.1. The van der Waals surface area contributed by atoms with Crippen molar-refractivity contribution in [3.63, 3.8) is 0 Å². The number of benzene rings is 1. The van der Waals surface area contributed by atoms with Crippen LogP contribution < -0.4 is 5.56 Å². The lowest BCUT2D eigenvalue weighted by molar-refractivity contribution is 0.0950. The van der Waals surface area contributed by atoms with Crippen LogP contribution in [0.4, 0.5) is 0 Å². The Morgan fingerprint density at radius 3 is 2.70 bits per heavy atom. The molecule has 0 aliphatic heterocycles. The van der Waals surface area contributed by atoms with Crippen LogP contribution >= 0.6 is 11.3 Å². The van der Waals surface area contributed by atoms with Crippen LogP contribution in [-0.2, 0) is 20.1 Å². The molecule has 1 saturated carbocycles. The first kappa shape index (κ1) is 19.5. The molecular weight excluding hydrogens is 394 g/mol. The molecule has 0 bridgehead atoms. The van der Waals surface area contributed by atoms with Gasteiger partial charge in [-0.2, -0.15) is 0 Å². The molecule has 30 heavy (non-hydrogen) atoms. The van der Waals surface area contributed by atoms with Crippen molar-refractivity contribution in [2.45, 2.75) is 52.2 Å². The lowest BCUT2D eigenvalue weighted by Gasteiger charge is -2.37. The molecule has 1 aromatic carbocycles. The Morgan fingerprint density at radius 2 is 1.97 bits per heavy atom. The van der Waals surface area contributed by atoms with Gasteiger partial charge in [0.2, 0.25) is 5.78 Å². The zero-order chi connectivity index (χ0) is 20.9. The van der Waals surface area contributed by atoms with Crippen LogP contribution in [0, 0.1) is 5.41 Å². The average molecular weight is 422 g/mol. The Kier molecular flexibility index (Phi) is 4.75. The second-order valence-electron chi connectivity index (χ2n) is 9.04. The number of nitrogens with zero attached hydrogens (tertiary/aromatic N) is 5. The quantitative estimate of drug-likeness (QED) is 0.484. The van der Waals surface area contributed by atoms with E-state index in [-0.39, 0.29) is 11.0 Å². The molecular formula is C23H27N5OS. The van der Waals surface area contributed by atoms with Crippen molar-refractivity contribution in [1.29, 1.82) is 0 Å². The Bertz CT molecular complexity index is 1250. The van der Waals surface area contributed by atoms with E-state index in [2.05, 4.69) is 63.7 Å². The highest BCUT2D eigenvalue weighted by Crippen LogP contribution is 2.41. The number of aromatic nitrogens is 4. The van der Waals surface area contributed by atoms with Crippen molar-refractivity contribution < 1.29 is 0 Å². The summed E-state index contributed by atoms with van der Waals surface area (Å²) in [6, 6.07) is 13.1. The zero-order valence-corrected chi connectivity index (χ0v) is 18.5. The molecule has 0 spiro atoms. The number of hydrogen-bond acceptors (Lipinski definition) is 5. The molecule has 5 rings (SSSR count). The predicted molar refractivity (Wildman–Crippen MR) is 121 cm³/mol. The van der Waals surface area contributed by atoms with Gasteiger partial charge in [0.25, 0.3) is 5.56 Å². The number of rotatable bonds is 5. The van der Waals surface area contributed by atoms with Gasteiger partial charge in [0.05, 0.1) is 12.1 Å². The fourth-order valence-corrected chi connectivity index (χ4v) is 5.87. The van der Waals surface area contributed by atoms with Gasteiger partial charge >= 0.3 is 0 Å². The molecule has 0 saturated heterocycles. The molecule has 3 heterocycles. The number of thiophene rings is 1. The fraction of sp³-hybridized carbons (Fsp3) is 0.435. The van der Waals surface area contributed by atoms with E-state index in [0.29, 0.717) is 18.4 Å². The van der Waals surface area contributed by atoms with Crippen LogP contribution in [-0.4, -0.2) is 30.1 Å². The van der Waals surface area contributed by atoms with Crippen LogP contribution in [0.2, 0.25) is 0 Å². The number of aryl methyl sites for hydroxylation is 1. The highest BCUT2D eigenvalue weighted by Gasteiger charge is 2.38. The summed E-state index contributed by atoms with van der Waals surface area (Å²) in [5.41, 5.74) is 2.47. The summed E-state index contributed by atoms with van der Waals surface area (Å²) >= 11 is 1.48. The van der Waals surface area contributed by atoms with Crippen LogP contribution in [0.3, 0.4) is 0 Å².